The predicted octanol–water partition coefficient (Wildman–Crippen LogP) is 1.86. The largest absolute Gasteiger partial charge is 0.390 e. The van der Waals surface area contributed by atoms with Crippen LogP contribution in [0.4, 0.5) is 0 Å². The average molecular weight is 242 g/mol. The van der Waals surface area contributed by atoms with E-state index in [0.29, 0.717) is 6.04 Å². The number of aliphatic hydroxyl groups excluding tert-OH is 1. The molecule has 0 aromatic heterocycles. The number of nitrogens with one attached hydrogen (secondary N) is 1. The van der Waals surface area contributed by atoms with E-state index in [1.807, 2.05) is 0 Å². The van der Waals surface area contributed by atoms with Gasteiger partial charge in [0.25, 0.3) is 0 Å². The number of likely N-dealkylation sites (N-methyl/N-ethyl adjacent to an activating group) is 1. The van der Waals surface area contributed by atoms with Crippen molar-refractivity contribution in [1.82, 2.24) is 10.2 Å². The van der Waals surface area contributed by atoms with Gasteiger partial charge in [-0.05, 0) is 38.8 Å². The summed E-state index contributed by atoms with van der Waals surface area (Å²) >= 11 is 0. The van der Waals surface area contributed by atoms with Gasteiger partial charge in [-0.1, -0.05) is 26.7 Å². The van der Waals surface area contributed by atoms with Gasteiger partial charge in [0, 0.05) is 19.1 Å². The third kappa shape index (κ3) is 5.36. The standard InChI is InChI=1S/C14H30N2O/c1-4-9-15-10-13(17)11-16(3)14-8-6-5-7-12(14)2/h12-15,17H,4-11H2,1-3H3. The van der Waals surface area contributed by atoms with E-state index >= 15 is 0 Å². The molecule has 17 heavy (non-hydrogen) atoms. The molecule has 3 heteroatoms. The molecule has 1 fully saturated rings. The van der Waals surface area contributed by atoms with Crippen molar-refractivity contribution in [3.8, 4) is 0 Å². The summed E-state index contributed by atoms with van der Waals surface area (Å²) in [5, 5.41) is 13.2. The van der Waals surface area contributed by atoms with E-state index in [9.17, 15) is 5.11 Å². The maximum Gasteiger partial charge on any atom is 0.0791 e. The lowest BCUT2D eigenvalue weighted by atomic mass is 9.85. The van der Waals surface area contributed by atoms with E-state index in [2.05, 4.69) is 31.1 Å². The van der Waals surface area contributed by atoms with E-state index in [-0.39, 0.29) is 6.10 Å². The summed E-state index contributed by atoms with van der Waals surface area (Å²) in [6.07, 6.45) is 6.27. The smallest absolute Gasteiger partial charge is 0.0791 e. The van der Waals surface area contributed by atoms with Crippen molar-refractivity contribution in [3.05, 3.63) is 0 Å². The van der Waals surface area contributed by atoms with E-state index < -0.39 is 0 Å². The van der Waals surface area contributed by atoms with Crippen LogP contribution in [0.3, 0.4) is 0 Å². The molecule has 0 amide bonds. The summed E-state index contributed by atoms with van der Waals surface area (Å²) in [5.41, 5.74) is 0. The van der Waals surface area contributed by atoms with Crippen LogP contribution in [0, 0.1) is 5.92 Å². The molecule has 0 spiro atoms. The summed E-state index contributed by atoms with van der Waals surface area (Å²) in [6, 6.07) is 0.671. The van der Waals surface area contributed by atoms with Crippen molar-refractivity contribution in [2.45, 2.75) is 58.1 Å². The first-order chi connectivity index (χ1) is 8.15. The molecule has 102 valence electrons. The van der Waals surface area contributed by atoms with Gasteiger partial charge >= 0.3 is 0 Å². The van der Waals surface area contributed by atoms with Crippen LogP contribution >= 0.6 is 0 Å². The van der Waals surface area contributed by atoms with Crippen LogP contribution in [0.5, 0.6) is 0 Å². The molecule has 3 nitrogen and oxygen atoms in total. The highest BCUT2D eigenvalue weighted by atomic mass is 16.3. The summed E-state index contributed by atoms with van der Waals surface area (Å²) in [4.78, 5) is 2.36. The van der Waals surface area contributed by atoms with Gasteiger partial charge in [0.2, 0.25) is 0 Å². The first-order valence-electron chi connectivity index (χ1n) is 7.24. The van der Waals surface area contributed by atoms with E-state index in [4.69, 9.17) is 0 Å². The predicted molar refractivity (Wildman–Crippen MR) is 73.2 cm³/mol. The molecule has 0 aromatic carbocycles. The van der Waals surface area contributed by atoms with Crippen LogP contribution < -0.4 is 5.32 Å². The van der Waals surface area contributed by atoms with Gasteiger partial charge in [0.15, 0.2) is 0 Å². The van der Waals surface area contributed by atoms with Crippen molar-refractivity contribution in [3.63, 3.8) is 0 Å². The Morgan fingerprint density at radius 2 is 2.06 bits per heavy atom. The fourth-order valence-corrected chi connectivity index (χ4v) is 2.93. The van der Waals surface area contributed by atoms with Gasteiger partial charge in [-0.15, -0.1) is 0 Å². The highest BCUT2D eigenvalue weighted by Gasteiger charge is 2.25. The van der Waals surface area contributed by atoms with Gasteiger partial charge in [-0.2, -0.15) is 0 Å². The molecule has 0 radical (unpaired) electrons. The molecule has 0 saturated heterocycles. The summed E-state index contributed by atoms with van der Waals surface area (Å²) in [6.45, 7) is 7.02. The Kier molecular flexibility index (Phi) is 7.09. The molecule has 1 aliphatic carbocycles. The Labute approximate surface area is 107 Å². The zero-order valence-electron chi connectivity index (χ0n) is 11.8. The van der Waals surface area contributed by atoms with E-state index in [1.165, 1.54) is 25.7 Å². The Hall–Kier alpha value is -0.120. The molecule has 0 heterocycles. The summed E-state index contributed by atoms with van der Waals surface area (Å²) in [5.74, 6) is 0.782. The van der Waals surface area contributed by atoms with Gasteiger partial charge in [0.05, 0.1) is 6.10 Å². The van der Waals surface area contributed by atoms with Crippen molar-refractivity contribution >= 4 is 0 Å². The van der Waals surface area contributed by atoms with Crippen LogP contribution in [0.2, 0.25) is 0 Å². The van der Waals surface area contributed by atoms with E-state index in [1.54, 1.807) is 0 Å². The third-order valence-electron chi connectivity index (χ3n) is 3.94. The van der Waals surface area contributed by atoms with Gasteiger partial charge in [0.1, 0.15) is 0 Å². The molecular formula is C14H30N2O. The van der Waals surface area contributed by atoms with Gasteiger partial charge < -0.3 is 15.3 Å². The molecule has 0 bridgehead atoms. The SMILES string of the molecule is CCCNCC(O)CN(C)C1CCCCC1C. The van der Waals surface area contributed by atoms with Gasteiger partial charge in [-0.3, -0.25) is 0 Å². The average Bonchev–Trinajstić information content (AvgIpc) is 2.29. The second-order valence-electron chi connectivity index (χ2n) is 5.63. The summed E-state index contributed by atoms with van der Waals surface area (Å²) < 4.78 is 0. The topological polar surface area (TPSA) is 35.5 Å². The number of rotatable bonds is 7. The van der Waals surface area contributed by atoms with Crippen molar-refractivity contribution in [1.29, 1.82) is 0 Å². The van der Waals surface area contributed by atoms with Gasteiger partial charge in [-0.25, -0.2) is 0 Å². The second kappa shape index (κ2) is 8.06. The van der Waals surface area contributed by atoms with Crippen LogP contribution in [0.25, 0.3) is 0 Å². The fraction of sp³-hybridized carbons (Fsp3) is 1.00. The van der Waals surface area contributed by atoms with Crippen molar-refractivity contribution in [2.75, 3.05) is 26.7 Å². The lowest BCUT2D eigenvalue weighted by Gasteiger charge is -2.37. The minimum atomic E-state index is -0.235. The molecule has 2 N–H and O–H groups in total. The monoisotopic (exact) mass is 242 g/mol. The lowest BCUT2D eigenvalue weighted by molar-refractivity contribution is 0.0711. The number of hydrogen-bond donors (Lipinski definition) is 2. The lowest BCUT2D eigenvalue weighted by Crippen LogP contribution is -2.45. The van der Waals surface area contributed by atoms with Crippen molar-refractivity contribution < 1.29 is 5.11 Å². The van der Waals surface area contributed by atoms with Crippen LogP contribution in [-0.4, -0.2) is 48.8 Å². The fourth-order valence-electron chi connectivity index (χ4n) is 2.93. The van der Waals surface area contributed by atoms with Crippen LogP contribution in [0.15, 0.2) is 0 Å². The minimum Gasteiger partial charge on any atom is -0.390 e. The maximum atomic E-state index is 9.96. The molecule has 0 aliphatic heterocycles. The van der Waals surface area contributed by atoms with E-state index in [0.717, 1.165) is 32.0 Å². The molecule has 3 atom stereocenters. The first kappa shape index (κ1) is 14.9. The quantitative estimate of drug-likeness (QED) is 0.669. The highest BCUT2D eigenvalue weighted by Crippen LogP contribution is 2.27. The Morgan fingerprint density at radius 1 is 1.35 bits per heavy atom. The zero-order chi connectivity index (χ0) is 12.7. The second-order valence-corrected chi connectivity index (χ2v) is 5.63. The number of aliphatic hydroxyl groups is 1. The molecule has 1 rings (SSSR count). The maximum absolute atomic E-state index is 9.96. The Balaban J connectivity index is 2.24. The van der Waals surface area contributed by atoms with Crippen LogP contribution in [-0.2, 0) is 0 Å². The third-order valence-corrected chi connectivity index (χ3v) is 3.94. The normalized spacial score (nSPS) is 27.4. The number of hydrogen-bond acceptors (Lipinski definition) is 3. The zero-order valence-corrected chi connectivity index (χ0v) is 11.8. The highest BCUT2D eigenvalue weighted by molar-refractivity contribution is 4.80. The Morgan fingerprint density at radius 3 is 2.71 bits per heavy atom. The molecule has 0 aromatic rings. The molecular weight excluding hydrogens is 212 g/mol. The van der Waals surface area contributed by atoms with Crippen LogP contribution in [0.1, 0.15) is 46.0 Å². The minimum absolute atomic E-state index is 0.235. The molecule has 1 aliphatic rings. The molecule has 3 unspecified atom stereocenters. The molecule has 1 saturated carbocycles. The van der Waals surface area contributed by atoms with Crippen molar-refractivity contribution in [2.24, 2.45) is 5.92 Å². The number of nitrogens with zero attached hydrogens (tertiary/aromatic N) is 1. The first-order valence-corrected chi connectivity index (χ1v) is 7.24. The Bertz CT molecular complexity index is 199. The summed E-state index contributed by atoms with van der Waals surface area (Å²) in [7, 11) is 2.16.